The van der Waals surface area contributed by atoms with E-state index in [1.165, 1.54) is 12.1 Å². The van der Waals surface area contributed by atoms with Crippen LogP contribution in [0, 0.1) is 0 Å². The number of nitrogens with one attached hydrogen (secondary N) is 1. The third-order valence-electron chi connectivity index (χ3n) is 5.29. The summed E-state index contributed by atoms with van der Waals surface area (Å²) in [6.45, 7) is 0.799. The molecule has 1 N–H and O–H groups in total. The lowest BCUT2D eigenvalue weighted by Gasteiger charge is -2.11. The van der Waals surface area contributed by atoms with E-state index in [9.17, 15) is 13.2 Å². The fourth-order valence-electron chi connectivity index (χ4n) is 3.57. The number of anilines is 1. The van der Waals surface area contributed by atoms with E-state index in [4.69, 9.17) is 4.42 Å². The summed E-state index contributed by atoms with van der Waals surface area (Å²) in [5.74, 6) is 1.81. The Labute approximate surface area is 187 Å². The second-order valence-corrected chi connectivity index (χ2v) is 9.32. The third kappa shape index (κ3) is 5.26. The molecule has 0 aliphatic carbocycles. The van der Waals surface area contributed by atoms with Crippen LogP contribution >= 0.6 is 0 Å². The van der Waals surface area contributed by atoms with Gasteiger partial charge in [-0.3, -0.25) is 4.79 Å². The number of aryl methyl sites for hydroxylation is 1. The highest BCUT2D eigenvalue weighted by Gasteiger charge is 2.20. The van der Waals surface area contributed by atoms with Gasteiger partial charge >= 0.3 is 0 Å². The summed E-state index contributed by atoms with van der Waals surface area (Å²) in [5, 5.41) is 2.76. The van der Waals surface area contributed by atoms with Gasteiger partial charge in [-0.15, -0.1) is 4.40 Å². The van der Waals surface area contributed by atoms with Crippen molar-refractivity contribution in [3.8, 4) is 11.3 Å². The third-order valence-corrected chi connectivity index (χ3v) is 6.59. The number of amidine groups is 1. The number of hydrogen-bond acceptors (Lipinski definition) is 4. The van der Waals surface area contributed by atoms with Crippen LogP contribution in [0.4, 0.5) is 5.69 Å². The molecule has 32 heavy (non-hydrogen) atoms. The van der Waals surface area contributed by atoms with Crippen molar-refractivity contribution in [1.29, 1.82) is 0 Å². The van der Waals surface area contributed by atoms with Gasteiger partial charge in [0.05, 0.1) is 4.90 Å². The van der Waals surface area contributed by atoms with Crippen molar-refractivity contribution in [2.45, 2.75) is 30.6 Å². The van der Waals surface area contributed by atoms with Crippen LogP contribution in [0.2, 0.25) is 0 Å². The van der Waals surface area contributed by atoms with Crippen LogP contribution in [0.3, 0.4) is 0 Å². The molecule has 1 aliphatic heterocycles. The number of nitrogens with zero attached hydrogens (tertiary/aromatic N) is 2. The van der Waals surface area contributed by atoms with Crippen LogP contribution in [-0.2, 0) is 21.2 Å². The summed E-state index contributed by atoms with van der Waals surface area (Å²) in [4.78, 5) is 14.3. The number of sulfonamides is 1. The summed E-state index contributed by atoms with van der Waals surface area (Å²) >= 11 is 0. The topological polar surface area (TPSA) is 92.0 Å². The first kappa shape index (κ1) is 21.8. The van der Waals surface area contributed by atoms with Crippen LogP contribution < -0.4 is 5.32 Å². The fourth-order valence-corrected chi connectivity index (χ4v) is 4.71. The van der Waals surface area contributed by atoms with Gasteiger partial charge in [-0.05, 0) is 36.8 Å². The normalized spacial score (nSPS) is 15.3. The van der Waals surface area contributed by atoms with Crippen molar-refractivity contribution < 1.29 is 17.6 Å². The van der Waals surface area contributed by atoms with Gasteiger partial charge in [0.2, 0.25) is 5.91 Å². The molecule has 166 valence electrons. The largest absolute Gasteiger partial charge is 0.461 e. The zero-order valence-electron chi connectivity index (χ0n) is 17.8. The Kier molecular flexibility index (Phi) is 6.41. The van der Waals surface area contributed by atoms with Gasteiger partial charge in [-0.25, -0.2) is 0 Å². The summed E-state index contributed by atoms with van der Waals surface area (Å²) in [6, 6.07) is 19.7. The summed E-state index contributed by atoms with van der Waals surface area (Å²) < 4.78 is 35.1. The maximum atomic E-state index is 12.7. The molecule has 0 saturated carbocycles. The second kappa shape index (κ2) is 9.40. The second-order valence-electron chi connectivity index (χ2n) is 7.72. The number of hydrogen-bond donors (Lipinski definition) is 1. The lowest BCUT2D eigenvalue weighted by molar-refractivity contribution is -0.116. The van der Waals surface area contributed by atoms with Crippen molar-refractivity contribution >= 4 is 27.5 Å². The molecule has 1 saturated heterocycles. The molecule has 0 radical (unpaired) electrons. The molecule has 8 heteroatoms. The van der Waals surface area contributed by atoms with Crippen LogP contribution in [-0.4, -0.2) is 38.7 Å². The van der Waals surface area contributed by atoms with Crippen LogP contribution in [0.1, 0.15) is 25.0 Å². The molecular weight excluding hydrogens is 426 g/mol. The monoisotopic (exact) mass is 451 g/mol. The van der Waals surface area contributed by atoms with Crippen molar-refractivity contribution in [2.24, 2.45) is 4.40 Å². The molecule has 1 fully saturated rings. The zero-order valence-corrected chi connectivity index (χ0v) is 18.6. The predicted octanol–water partition coefficient (Wildman–Crippen LogP) is 4.33. The Hall–Kier alpha value is -3.39. The Morgan fingerprint density at radius 3 is 2.66 bits per heavy atom. The summed E-state index contributed by atoms with van der Waals surface area (Å²) in [5.41, 5.74) is 1.40. The van der Waals surface area contributed by atoms with Gasteiger partial charge in [-0.2, -0.15) is 8.42 Å². The first-order valence-electron chi connectivity index (χ1n) is 10.5. The van der Waals surface area contributed by atoms with Crippen molar-refractivity contribution in [3.05, 3.63) is 72.5 Å². The minimum atomic E-state index is -3.83. The Balaban J connectivity index is 1.37. The molecular formula is C24H25N3O4S. The Morgan fingerprint density at radius 1 is 1.09 bits per heavy atom. The molecule has 0 unspecified atom stereocenters. The van der Waals surface area contributed by atoms with E-state index in [0.29, 0.717) is 30.1 Å². The lowest BCUT2D eigenvalue weighted by atomic mass is 10.2. The Morgan fingerprint density at radius 2 is 1.91 bits per heavy atom. The van der Waals surface area contributed by atoms with E-state index in [-0.39, 0.29) is 17.2 Å². The van der Waals surface area contributed by atoms with E-state index >= 15 is 0 Å². The smallest absolute Gasteiger partial charge is 0.284 e. The molecule has 1 aliphatic rings. The molecule has 2 heterocycles. The molecule has 0 bridgehead atoms. The number of furan rings is 1. The predicted molar refractivity (Wildman–Crippen MR) is 124 cm³/mol. The van der Waals surface area contributed by atoms with E-state index in [1.807, 2.05) is 54.4 Å². The van der Waals surface area contributed by atoms with Crippen LogP contribution in [0.5, 0.6) is 0 Å². The number of amides is 1. The summed E-state index contributed by atoms with van der Waals surface area (Å²) in [7, 11) is -2.00. The maximum Gasteiger partial charge on any atom is 0.284 e. The summed E-state index contributed by atoms with van der Waals surface area (Å²) in [6.07, 6.45) is 2.19. The number of rotatable bonds is 7. The molecule has 7 nitrogen and oxygen atoms in total. The van der Waals surface area contributed by atoms with Crippen molar-refractivity contribution in [1.82, 2.24) is 4.90 Å². The number of likely N-dealkylation sites (tertiary alicyclic amines) is 1. The van der Waals surface area contributed by atoms with Crippen LogP contribution in [0.25, 0.3) is 11.3 Å². The van der Waals surface area contributed by atoms with Gasteiger partial charge in [0.15, 0.2) is 0 Å². The molecule has 2 aromatic carbocycles. The van der Waals surface area contributed by atoms with E-state index in [0.717, 1.165) is 24.3 Å². The molecule has 0 atom stereocenters. The number of carbonyl (C=O) groups excluding carboxylic acids is 1. The zero-order chi connectivity index (χ0) is 22.6. The highest BCUT2D eigenvalue weighted by Crippen LogP contribution is 2.23. The number of benzene rings is 2. The Bertz CT molecular complexity index is 1230. The first-order valence-corrected chi connectivity index (χ1v) is 11.9. The van der Waals surface area contributed by atoms with Gasteiger partial charge in [0.25, 0.3) is 10.0 Å². The average Bonchev–Trinajstić information content (AvgIpc) is 3.42. The average molecular weight is 452 g/mol. The fraction of sp³-hybridized carbons (Fsp3) is 0.250. The van der Waals surface area contributed by atoms with E-state index < -0.39 is 10.0 Å². The lowest BCUT2D eigenvalue weighted by Crippen LogP contribution is -2.20. The standard InChI is InChI=1S/C24H25N3O4S/c1-27-16-6-11-23(27)26-32(29,30)21-10-5-9-19(17-21)25-24(28)15-13-20-12-14-22(31-20)18-7-3-2-4-8-18/h2-5,7-10,12,14,17H,6,11,13,15-16H2,1H3,(H,25,28)/b26-23-. The minimum absolute atomic E-state index is 0.0571. The molecule has 1 amide bonds. The van der Waals surface area contributed by atoms with Gasteiger partial charge in [-0.1, -0.05) is 36.4 Å². The molecule has 4 rings (SSSR count). The van der Waals surface area contributed by atoms with Gasteiger partial charge in [0.1, 0.15) is 17.4 Å². The molecule has 1 aromatic heterocycles. The van der Waals surface area contributed by atoms with E-state index in [2.05, 4.69) is 9.71 Å². The SMILES string of the molecule is CN1CCC/C1=N/S(=O)(=O)c1cccc(NC(=O)CCc2ccc(-c3ccccc3)o2)c1. The first-order chi connectivity index (χ1) is 15.4. The van der Waals surface area contributed by atoms with Gasteiger partial charge < -0.3 is 14.6 Å². The molecule has 3 aromatic rings. The van der Waals surface area contributed by atoms with Crippen LogP contribution in [0.15, 0.2) is 80.4 Å². The highest BCUT2D eigenvalue weighted by atomic mass is 32.2. The van der Waals surface area contributed by atoms with Gasteiger partial charge in [0, 0.05) is 44.1 Å². The quantitative estimate of drug-likeness (QED) is 0.577. The van der Waals surface area contributed by atoms with Crippen molar-refractivity contribution in [2.75, 3.05) is 18.9 Å². The maximum absolute atomic E-state index is 12.7. The number of carbonyl (C=O) groups is 1. The van der Waals surface area contributed by atoms with Crippen molar-refractivity contribution in [3.63, 3.8) is 0 Å². The highest BCUT2D eigenvalue weighted by molar-refractivity contribution is 7.90. The molecule has 0 spiro atoms. The van der Waals surface area contributed by atoms with E-state index in [1.54, 1.807) is 12.1 Å². The minimum Gasteiger partial charge on any atom is -0.461 e.